The van der Waals surface area contributed by atoms with Gasteiger partial charge in [0.15, 0.2) is 0 Å². The van der Waals surface area contributed by atoms with Crippen LogP contribution < -0.4 is 4.90 Å². The summed E-state index contributed by atoms with van der Waals surface area (Å²) in [7, 11) is 1.87. The van der Waals surface area contributed by atoms with Gasteiger partial charge in [0, 0.05) is 38.6 Å². The normalized spacial score (nSPS) is 16.4. The Morgan fingerprint density at radius 3 is 2.72 bits per heavy atom. The number of halogens is 1. The van der Waals surface area contributed by atoms with Crippen LogP contribution in [0.5, 0.6) is 0 Å². The van der Waals surface area contributed by atoms with Crippen molar-refractivity contribution in [3.8, 4) is 11.8 Å². The first-order valence-corrected chi connectivity index (χ1v) is 8.98. The molecule has 0 aromatic carbocycles. The van der Waals surface area contributed by atoms with Gasteiger partial charge in [0.25, 0.3) is 0 Å². The number of piperidine rings is 1. The van der Waals surface area contributed by atoms with Crippen molar-refractivity contribution in [3.05, 3.63) is 40.9 Å². The van der Waals surface area contributed by atoms with Crippen molar-refractivity contribution >= 4 is 17.3 Å². The predicted octanol–water partition coefficient (Wildman–Crippen LogP) is 2.86. The van der Waals surface area contributed by atoms with E-state index in [9.17, 15) is 5.11 Å². The third-order valence-corrected chi connectivity index (χ3v) is 4.73. The summed E-state index contributed by atoms with van der Waals surface area (Å²) in [4.78, 5) is 6.51. The van der Waals surface area contributed by atoms with Gasteiger partial charge in [-0.15, -0.1) is 0 Å². The number of aliphatic hydroxyl groups is 1. The van der Waals surface area contributed by atoms with Gasteiger partial charge in [-0.1, -0.05) is 23.4 Å². The molecule has 5 nitrogen and oxygen atoms in total. The Bertz CT molecular complexity index is 782. The van der Waals surface area contributed by atoms with Gasteiger partial charge < -0.3 is 10.0 Å². The average molecular weight is 359 g/mol. The molecule has 0 spiro atoms. The van der Waals surface area contributed by atoms with Crippen LogP contribution in [-0.2, 0) is 7.05 Å². The van der Waals surface area contributed by atoms with Crippen LogP contribution in [0.2, 0.25) is 5.15 Å². The van der Waals surface area contributed by atoms with E-state index in [0.29, 0.717) is 11.1 Å². The first kappa shape index (κ1) is 17.8. The molecule has 0 bridgehead atoms. The third kappa shape index (κ3) is 4.75. The second-order valence-electron chi connectivity index (χ2n) is 6.69. The SMILES string of the molecule is CC(O)CC1CCN(c2cc(Cl)ncc2C#Cc2cnn(C)c2)CC1. The smallest absolute Gasteiger partial charge is 0.131 e. The first-order chi connectivity index (χ1) is 12.0. The first-order valence-electron chi connectivity index (χ1n) is 8.60. The average Bonchev–Trinajstić information content (AvgIpc) is 2.99. The highest BCUT2D eigenvalue weighted by Gasteiger charge is 2.22. The quantitative estimate of drug-likeness (QED) is 0.677. The van der Waals surface area contributed by atoms with Crippen LogP contribution in [0.25, 0.3) is 0 Å². The molecule has 0 amide bonds. The molecule has 1 fully saturated rings. The Morgan fingerprint density at radius 1 is 1.32 bits per heavy atom. The molecule has 1 N–H and O–H groups in total. The fourth-order valence-electron chi connectivity index (χ4n) is 3.30. The van der Waals surface area contributed by atoms with Crippen LogP contribution in [0.4, 0.5) is 5.69 Å². The van der Waals surface area contributed by atoms with Crippen LogP contribution in [0.1, 0.15) is 37.3 Å². The molecule has 1 aliphatic rings. The highest BCUT2D eigenvalue weighted by molar-refractivity contribution is 6.29. The molecule has 2 aromatic heterocycles. The lowest BCUT2D eigenvalue weighted by atomic mass is 9.91. The summed E-state index contributed by atoms with van der Waals surface area (Å²) >= 11 is 6.12. The number of aromatic nitrogens is 3. The van der Waals surface area contributed by atoms with Gasteiger partial charge >= 0.3 is 0 Å². The molecule has 0 saturated carbocycles. The second kappa shape index (κ2) is 7.90. The number of hydrogen-bond donors (Lipinski definition) is 1. The van der Waals surface area contributed by atoms with Gasteiger partial charge in [0.05, 0.1) is 29.1 Å². The maximum Gasteiger partial charge on any atom is 0.131 e. The summed E-state index contributed by atoms with van der Waals surface area (Å²) in [6, 6.07) is 1.89. The van der Waals surface area contributed by atoms with Crippen molar-refractivity contribution in [3.63, 3.8) is 0 Å². The lowest BCUT2D eigenvalue weighted by Crippen LogP contribution is -2.35. The highest BCUT2D eigenvalue weighted by atomic mass is 35.5. The fraction of sp³-hybridized carbons (Fsp3) is 0.474. The molecule has 0 aliphatic carbocycles. The summed E-state index contributed by atoms with van der Waals surface area (Å²) in [5, 5.41) is 14.2. The molecule has 1 atom stereocenters. The van der Waals surface area contributed by atoms with Gasteiger partial charge in [-0.3, -0.25) is 4.68 Å². The molecule has 3 rings (SSSR count). The zero-order valence-electron chi connectivity index (χ0n) is 14.6. The predicted molar refractivity (Wildman–Crippen MR) is 99.7 cm³/mol. The van der Waals surface area contributed by atoms with E-state index in [-0.39, 0.29) is 6.10 Å². The van der Waals surface area contributed by atoms with E-state index >= 15 is 0 Å². The largest absolute Gasteiger partial charge is 0.393 e. The maximum atomic E-state index is 9.58. The Hall–Kier alpha value is -2.03. The molecule has 2 aromatic rings. The van der Waals surface area contributed by atoms with Gasteiger partial charge in [-0.2, -0.15) is 5.10 Å². The zero-order valence-corrected chi connectivity index (χ0v) is 15.4. The summed E-state index contributed by atoms with van der Waals surface area (Å²) in [5.41, 5.74) is 2.79. The molecular formula is C19H23ClN4O. The van der Waals surface area contributed by atoms with Crippen LogP contribution in [0.15, 0.2) is 24.7 Å². The van der Waals surface area contributed by atoms with E-state index < -0.39 is 0 Å². The second-order valence-corrected chi connectivity index (χ2v) is 7.08. The third-order valence-electron chi connectivity index (χ3n) is 4.52. The Kier molecular flexibility index (Phi) is 5.62. The number of anilines is 1. The van der Waals surface area contributed by atoms with Crippen molar-refractivity contribution in [2.24, 2.45) is 13.0 Å². The molecular weight excluding hydrogens is 336 g/mol. The maximum absolute atomic E-state index is 9.58. The van der Waals surface area contributed by atoms with E-state index in [1.807, 2.05) is 26.2 Å². The summed E-state index contributed by atoms with van der Waals surface area (Å²) < 4.78 is 1.73. The van der Waals surface area contributed by atoms with Gasteiger partial charge in [-0.05, 0) is 32.1 Å². The van der Waals surface area contributed by atoms with Gasteiger partial charge in [0.2, 0.25) is 0 Å². The van der Waals surface area contributed by atoms with E-state index in [1.54, 1.807) is 17.1 Å². The lowest BCUT2D eigenvalue weighted by molar-refractivity contribution is 0.151. The van der Waals surface area contributed by atoms with Crippen LogP contribution >= 0.6 is 11.6 Å². The van der Waals surface area contributed by atoms with Crippen LogP contribution in [0, 0.1) is 17.8 Å². The summed E-state index contributed by atoms with van der Waals surface area (Å²) in [5.74, 6) is 6.93. The summed E-state index contributed by atoms with van der Waals surface area (Å²) in [6.45, 7) is 3.75. The monoisotopic (exact) mass is 358 g/mol. The van der Waals surface area contributed by atoms with E-state index in [1.165, 1.54) is 0 Å². The van der Waals surface area contributed by atoms with Gasteiger partial charge in [-0.25, -0.2) is 4.98 Å². The molecule has 25 heavy (non-hydrogen) atoms. The van der Waals surface area contributed by atoms with Gasteiger partial charge in [0.1, 0.15) is 5.15 Å². The Labute approximate surface area is 153 Å². The highest BCUT2D eigenvalue weighted by Crippen LogP contribution is 2.29. The molecule has 0 radical (unpaired) electrons. The van der Waals surface area contributed by atoms with E-state index in [0.717, 1.165) is 49.2 Å². The number of hydrogen-bond acceptors (Lipinski definition) is 4. The Morgan fingerprint density at radius 2 is 2.08 bits per heavy atom. The van der Waals surface area contributed by atoms with E-state index in [2.05, 4.69) is 26.8 Å². The standard InChI is InChI=1S/C19H23ClN4O/c1-14(25)9-15-5-7-24(8-6-15)18-10-19(20)21-12-17(18)4-3-16-11-22-23(2)13-16/h10-15,25H,5-9H2,1-2H3. The Balaban J connectivity index is 1.77. The summed E-state index contributed by atoms with van der Waals surface area (Å²) in [6.07, 6.45) is 8.16. The van der Waals surface area contributed by atoms with Crippen molar-refractivity contribution in [1.29, 1.82) is 0 Å². The van der Waals surface area contributed by atoms with Crippen LogP contribution in [0.3, 0.4) is 0 Å². The van der Waals surface area contributed by atoms with Crippen molar-refractivity contribution < 1.29 is 5.11 Å². The van der Waals surface area contributed by atoms with Crippen LogP contribution in [-0.4, -0.2) is 39.1 Å². The number of pyridine rings is 1. The number of rotatable bonds is 3. The topological polar surface area (TPSA) is 54.2 Å². The zero-order chi connectivity index (χ0) is 17.8. The van der Waals surface area contributed by atoms with Crippen molar-refractivity contribution in [2.75, 3.05) is 18.0 Å². The molecule has 3 heterocycles. The minimum atomic E-state index is -0.229. The lowest BCUT2D eigenvalue weighted by Gasteiger charge is -2.34. The number of nitrogens with zero attached hydrogens (tertiary/aromatic N) is 4. The molecule has 132 valence electrons. The molecule has 6 heteroatoms. The number of aliphatic hydroxyl groups excluding tert-OH is 1. The van der Waals surface area contributed by atoms with Crippen molar-refractivity contribution in [2.45, 2.75) is 32.3 Å². The number of aryl methyl sites for hydroxylation is 1. The fourth-order valence-corrected chi connectivity index (χ4v) is 3.45. The minimum Gasteiger partial charge on any atom is -0.393 e. The van der Waals surface area contributed by atoms with Crippen molar-refractivity contribution in [1.82, 2.24) is 14.8 Å². The molecule has 1 saturated heterocycles. The minimum absolute atomic E-state index is 0.229. The molecule has 1 aliphatic heterocycles. The molecule has 1 unspecified atom stereocenters. The van der Waals surface area contributed by atoms with E-state index in [4.69, 9.17) is 11.6 Å².